The van der Waals surface area contributed by atoms with Crippen molar-refractivity contribution in [2.45, 2.75) is 13.3 Å². The van der Waals surface area contributed by atoms with Gasteiger partial charge in [0.15, 0.2) is 0 Å². The fourth-order valence-corrected chi connectivity index (χ4v) is 1.69. The lowest BCUT2D eigenvalue weighted by Gasteiger charge is -2.15. The van der Waals surface area contributed by atoms with E-state index in [-0.39, 0.29) is 0 Å². The van der Waals surface area contributed by atoms with Crippen LogP contribution < -0.4 is 4.74 Å². The van der Waals surface area contributed by atoms with E-state index < -0.39 is 5.97 Å². The van der Waals surface area contributed by atoms with Crippen LogP contribution in [-0.2, 0) is 4.79 Å². The maximum Gasteiger partial charge on any atom is 0.328 e. The number of carboxylic acids is 1. The smallest absolute Gasteiger partial charge is 0.328 e. The second-order valence-corrected chi connectivity index (χ2v) is 4.40. The van der Waals surface area contributed by atoms with E-state index >= 15 is 0 Å². The van der Waals surface area contributed by atoms with Crippen LogP contribution in [0.25, 0.3) is 6.08 Å². The molecule has 4 heteroatoms. The van der Waals surface area contributed by atoms with Gasteiger partial charge in [0, 0.05) is 12.6 Å². The molecule has 0 heterocycles. The molecule has 0 aliphatic rings. The monoisotopic (exact) mass is 263 g/mol. The van der Waals surface area contributed by atoms with Gasteiger partial charge in [0.05, 0.1) is 0 Å². The molecule has 1 rings (SSSR count). The minimum atomic E-state index is -0.951. The number of ether oxygens (including phenoxy) is 1. The number of carbonyl (C=O) groups is 1. The van der Waals surface area contributed by atoms with Crippen LogP contribution in [0.4, 0.5) is 0 Å². The fourth-order valence-electron chi connectivity index (χ4n) is 1.69. The molecule has 0 amide bonds. The zero-order valence-electron chi connectivity index (χ0n) is 11.5. The summed E-state index contributed by atoms with van der Waals surface area (Å²) in [6.07, 6.45) is 3.80. The molecule has 0 bridgehead atoms. The van der Waals surface area contributed by atoms with Crippen molar-refractivity contribution in [1.82, 2.24) is 4.90 Å². The summed E-state index contributed by atoms with van der Waals surface area (Å²) in [6, 6.07) is 7.40. The maximum atomic E-state index is 10.4. The predicted octanol–water partition coefficient (Wildman–Crippen LogP) is 2.50. The Bertz CT molecular complexity index is 429. The highest BCUT2D eigenvalue weighted by Gasteiger charge is 1.98. The minimum absolute atomic E-state index is 0.628. The van der Waals surface area contributed by atoms with E-state index in [9.17, 15) is 4.79 Å². The van der Waals surface area contributed by atoms with Crippen molar-refractivity contribution in [2.24, 2.45) is 0 Å². The van der Waals surface area contributed by atoms with Crippen LogP contribution in [0.5, 0.6) is 5.75 Å². The standard InChI is InChI=1S/C15H21NO3/c1-3-9-16(2)10-11-19-14-6-4-5-13(12-14)7-8-15(17)18/h4-8,12H,3,9-11H2,1-2H3,(H,17,18)/b8-7+. The molecule has 1 aromatic carbocycles. The number of hydrogen-bond donors (Lipinski definition) is 1. The van der Waals surface area contributed by atoms with Crippen LogP contribution >= 0.6 is 0 Å². The van der Waals surface area contributed by atoms with Crippen LogP contribution in [0.15, 0.2) is 30.3 Å². The molecule has 0 fully saturated rings. The number of likely N-dealkylation sites (N-methyl/N-ethyl adjacent to an activating group) is 1. The third-order valence-corrected chi connectivity index (χ3v) is 2.62. The third-order valence-electron chi connectivity index (χ3n) is 2.62. The molecule has 0 aliphatic carbocycles. The number of benzene rings is 1. The average molecular weight is 263 g/mol. The quantitative estimate of drug-likeness (QED) is 0.732. The Morgan fingerprint density at radius 2 is 2.21 bits per heavy atom. The van der Waals surface area contributed by atoms with E-state index in [0.717, 1.165) is 36.9 Å². The van der Waals surface area contributed by atoms with Gasteiger partial charge >= 0.3 is 5.97 Å². The highest BCUT2D eigenvalue weighted by Crippen LogP contribution is 2.14. The Morgan fingerprint density at radius 3 is 2.89 bits per heavy atom. The van der Waals surface area contributed by atoms with Gasteiger partial charge in [-0.15, -0.1) is 0 Å². The van der Waals surface area contributed by atoms with Gasteiger partial charge in [0.2, 0.25) is 0 Å². The lowest BCUT2D eigenvalue weighted by Crippen LogP contribution is -2.24. The topological polar surface area (TPSA) is 49.8 Å². The second kappa shape index (κ2) is 8.32. The second-order valence-electron chi connectivity index (χ2n) is 4.40. The summed E-state index contributed by atoms with van der Waals surface area (Å²) < 4.78 is 5.65. The van der Waals surface area contributed by atoms with Gasteiger partial charge < -0.3 is 14.7 Å². The molecule has 104 valence electrons. The lowest BCUT2D eigenvalue weighted by molar-refractivity contribution is -0.131. The Morgan fingerprint density at radius 1 is 1.42 bits per heavy atom. The van der Waals surface area contributed by atoms with E-state index in [1.54, 1.807) is 6.08 Å². The SMILES string of the molecule is CCCN(C)CCOc1cccc(/C=C/C(=O)O)c1. The summed E-state index contributed by atoms with van der Waals surface area (Å²) in [5, 5.41) is 8.57. The highest BCUT2D eigenvalue weighted by molar-refractivity contribution is 5.85. The molecule has 4 nitrogen and oxygen atoms in total. The molecule has 0 unspecified atom stereocenters. The molecule has 0 saturated heterocycles. The van der Waals surface area contributed by atoms with Crippen molar-refractivity contribution in [3.05, 3.63) is 35.9 Å². The number of carboxylic acid groups (broad SMARTS) is 1. The van der Waals surface area contributed by atoms with Gasteiger partial charge in [0.25, 0.3) is 0 Å². The van der Waals surface area contributed by atoms with Gasteiger partial charge in [-0.05, 0) is 43.8 Å². The first-order chi connectivity index (χ1) is 9.11. The Labute approximate surface area is 114 Å². The number of rotatable bonds is 8. The van der Waals surface area contributed by atoms with Crippen LogP contribution in [0.2, 0.25) is 0 Å². The maximum absolute atomic E-state index is 10.4. The molecule has 0 radical (unpaired) electrons. The summed E-state index contributed by atoms with van der Waals surface area (Å²) in [5.74, 6) is -0.190. The summed E-state index contributed by atoms with van der Waals surface area (Å²) >= 11 is 0. The van der Waals surface area contributed by atoms with Crippen LogP contribution in [0, 0.1) is 0 Å². The van der Waals surface area contributed by atoms with E-state index in [2.05, 4.69) is 18.9 Å². The van der Waals surface area contributed by atoms with Crippen molar-refractivity contribution < 1.29 is 14.6 Å². The van der Waals surface area contributed by atoms with Crippen molar-refractivity contribution in [3.63, 3.8) is 0 Å². The molecule has 0 atom stereocenters. The largest absolute Gasteiger partial charge is 0.492 e. The highest BCUT2D eigenvalue weighted by atomic mass is 16.5. The zero-order valence-corrected chi connectivity index (χ0v) is 11.5. The van der Waals surface area contributed by atoms with E-state index in [1.165, 1.54) is 0 Å². The number of nitrogens with zero attached hydrogens (tertiary/aromatic N) is 1. The average Bonchev–Trinajstić information content (AvgIpc) is 2.37. The lowest BCUT2D eigenvalue weighted by atomic mass is 10.2. The molecule has 0 aliphatic heterocycles. The molecule has 1 N–H and O–H groups in total. The normalized spacial score (nSPS) is 11.1. The zero-order chi connectivity index (χ0) is 14.1. The van der Waals surface area contributed by atoms with E-state index in [4.69, 9.17) is 9.84 Å². The van der Waals surface area contributed by atoms with E-state index in [0.29, 0.717) is 6.61 Å². The summed E-state index contributed by atoms with van der Waals surface area (Å²) in [4.78, 5) is 12.7. The van der Waals surface area contributed by atoms with Crippen LogP contribution in [0.3, 0.4) is 0 Å². The van der Waals surface area contributed by atoms with Gasteiger partial charge in [-0.3, -0.25) is 0 Å². The van der Waals surface area contributed by atoms with Gasteiger partial charge in [-0.1, -0.05) is 19.1 Å². The molecular weight excluding hydrogens is 242 g/mol. The molecule has 19 heavy (non-hydrogen) atoms. The third kappa shape index (κ3) is 6.62. The van der Waals surface area contributed by atoms with Crippen LogP contribution in [-0.4, -0.2) is 42.7 Å². The minimum Gasteiger partial charge on any atom is -0.492 e. The summed E-state index contributed by atoms with van der Waals surface area (Å²) in [7, 11) is 2.07. The van der Waals surface area contributed by atoms with E-state index in [1.807, 2.05) is 24.3 Å². The Balaban J connectivity index is 2.46. The van der Waals surface area contributed by atoms with Gasteiger partial charge in [-0.2, -0.15) is 0 Å². The molecule has 0 saturated carbocycles. The van der Waals surface area contributed by atoms with Crippen molar-refractivity contribution >= 4 is 12.0 Å². The Kier molecular flexibility index (Phi) is 6.68. The number of aliphatic carboxylic acids is 1. The molecule has 1 aromatic rings. The molecular formula is C15H21NO3. The molecule has 0 spiro atoms. The van der Waals surface area contributed by atoms with Crippen molar-refractivity contribution in [1.29, 1.82) is 0 Å². The van der Waals surface area contributed by atoms with Gasteiger partial charge in [-0.25, -0.2) is 4.79 Å². The summed E-state index contributed by atoms with van der Waals surface area (Å²) in [5.41, 5.74) is 0.821. The Hall–Kier alpha value is -1.81. The van der Waals surface area contributed by atoms with Crippen LogP contribution in [0.1, 0.15) is 18.9 Å². The summed E-state index contributed by atoms with van der Waals surface area (Å²) in [6.45, 7) is 4.71. The van der Waals surface area contributed by atoms with Crippen molar-refractivity contribution in [3.8, 4) is 5.75 Å². The molecule has 0 aromatic heterocycles. The number of hydrogen-bond acceptors (Lipinski definition) is 3. The first kappa shape index (κ1) is 15.2. The first-order valence-corrected chi connectivity index (χ1v) is 6.44. The predicted molar refractivity (Wildman–Crippen MR) is 76.4 cm³/mol. The van der Waals surface area contributed by atoms with Crippen molar-refractivity contribution in [2.75, 3.05) is 26.7 Å². The van der Waals surface area contributed by atoms with Gasteiger partial charge in [0.1, 0.15) is 12.4 Å². The fraction of sp³-hybridized carbons (Fsp3) is 0.400. The first-order valence-electron chi connectivity index (χ1n) is 6.44.